The lowest BCUT2D eigenvalue weighted by Crippen LogP contribution is -2.31. The zero-order valence-corrected chi connectivity index (χ0v) is 9.55. The Morgan fingerprint density at radius 2 is 1.82 bits per heavy atom. The molecule has 0 fully saturated rings. The summed E-state index contributed by atoms with van der Waals surface area (Å²) in [5.41, 5.74) is 2.46. The third-order valence-electron chi connectivity index (χ3n) is 2.69. The van der Waals surface area contributed by atoms with Crippen LogP contribution in [0.25, 0.3) is 0 Å². The molecule has 2 heterocycles. The van der Waals surface area contributed by atoms with Gasteiger partial charge in [0.1, 0.15) is 11.9 Å². The van der Waals surface area contributed by atoms with E-state index in [0.29, 0.717) is 0 Å². The van der Waals surface area contributed by atoms with Gasteiger partial charge in [-0.05, 0) is 17.7 Å². The van der Waals surface area contributed by atoms with Crippen LogP contribution in [-0.4, -0.2) is 5.91 Å². The van der Waals surface area contributed by atoms with Gasteiger partial charge < -0.3 is 10.6 Å². The summed E-state index contributed by atoms with van der Waals surface area (Å²) in [5.74, 6) is -0.427. The van der Waals surface area contributed by atoms with Crippen molar-refractivity contribution in [2.24, 2.45) is 0 Å². The van der Waals surface area contributed by atoms with E-state index >= 15 is 0 Å². The van der Waals surface area contributed by atoms with Gasteiger partial charge in [0.15, 0.2) is 0 Å². The maximum atomic E-state index is 12.8. The predicted octanol–water partition coefficient (Wildman–Crippen LogP) is 2.99. The smallest absolute Gasteiger partial charge is 0.251 e. The highest BCUT2D eigenvalue weighted by Gasteiger charge is 2.27. The Bertz CT molecular complexity index is 564. The summed E-state index contributed by atoms with van der Waals surface area (Å²) in [5, 5.41) is 9.77. The quantitative estimate of drug-likeness (QED) is 0.814. The van der Waals surface area contributed by atoms with Crippen LogP contribution in [0.2, 0.25) is 0 Å². The predicted molar refractivity (Wildman–Crippen MR) is 65.7 cm³/mol. The Kier molecular flexibility index (Phi) is 2.33. The van der Waals surface area contributed by atoms with E-state index in [2.05, 4.69) is 10.6 Å². The molecule has 2 N–H and O–H groups in total. The van der Waals surface area contributed by atoms with Crippen LogP contribution in [0, 0.1) is 5.82 Å². The van der Waals surface area contributed by atoms with Gasteiger partial charge in [-0.1, -0.05) is 12.1 Å². The maximum Gasteiger partial charge on any atom is 0.251 e. The second-order valence-electron chi connectivity index (χ2n) is 3.82. The third-order valence-corrected chi connectivity index (χ3v) is 3.43. The van der Waals surface area contributed by atoms with Gasteiger partial charge in [-0.15, -0.1) is 11.3 Å². The number of rotatable bonds is 1. The number of carbonyl (C=O) groups is 1. The number of hydrogen-bond donors (Lipinski definition) is 2. The van der Waals surface area contributed by atoms with E-state index in [0.717, 1.165) is 16.9 Å². The molecule has 3 rings (SSSR count). The molecule has 0 saturated heterocycles. The van der Waals surface area contributed by atoms with Crippen LogP contribution in [0.3, 0.4) is 0 Å². The minimum Gasteiger partial charge on any atom is -0.368 e. The molecule has 0 radical (unpaired) electrons. The van der Waals surface area contributed by atoms with Crippen molar-refractivity contribution in [3.8, 4) is 0 Å². The third kappa shape index (κ3) is 1.78. The molecule has 17 heavy (non-hydrogen) atoms. The molecule has 1 amide bonds. The van der Waals surface area contributed by atoms with Crippen LogP contribution in [0.1, 0.15) is 11.6 Å². The molecule has 0 saturated carbocycles. The van der Waals surface area contributed by atoms with E-state index in [-0.39, 0.29) is 11.7 Å². The molecule has 2 aromatic rings. The van der Waals surface area contributed by atoms with Gasteiger partial charge in [0.05, 0.1) is 11.4 Å². The molecule has 1 unspecified atom stereocenters. The van der Waals surface area contributed by atoms with Crippen molar-refractivity contribution < 1.29 is 9.18 Å². The Morgan fingerprint density at radius 1 is 1.12 bits per heavy atom. The first kappa shape index (κ1) is 10.3. The average molecular weight is 248 g/mol. The Balaban J connectivity index is 1.95. The molecule has 1 aromatic carbocycles. The van der Waals surface area contributed by atoms with Crippen molar-refractivity contribution in [1.29, 1.82) is 0 Å². The fourth-order valence-electron chi connectivity index (χ4n) is 1.82. The first-order chi connectivity index (χ1) is 8.24. The van der Waals surface area contributed by atoms with E-state index < -0.39 is 6.04 Å². The number of anilines is 2. The van der Waals surface area contributed by atoms with Crippen LogP contribution >= 0.6 is 11.3 Å². The van der Waals surface area contributed by atoms with Crippen molar-refractivity contribution in [1.82, 2.24) is 0 Å². The number of nitrogens with one attached hydrogen (secondary N) is 2. The first-order valence-corrected chi connectivity index (χ1v) is 6.07. The highest BCUT2D eigenvalue weighted by atomic mass is 32.1. The van der Waals surface area contributed by atoms with Gasteiger partial charge in [-0.3, -0.25) is 4.79 Å². The monoisotopic (exact) mass is 248 g/mol. The molecule has 0 spiro atoms. The lowest BCUT2D eigenvalue weighted by atomic mass is 10.0. The molecule has 3 nitrogen and oxygen atoms in total. The molecule has 5 heteroatoms. The van der Waals surface area contributed by atoms with Gasteiger partial charge in [0, 0.05) is 10.8 Å². The SMILES string of the molecule is O=C1Nc2cscc2NC1c1ccc(F)cc1. The number of amides is 1. The lowest BCUT2D eigenvalue weighted by Gasteiger charge is -2.24. The number of halogens is 1. The van der Waals surface area contributed by atoms with Gasteiger partial charge in [0.2, 0.25) is 0 Å². The molecule has 0 aliphatic carbocycles. The minimum absolute atomic E-state index is 0.123. The maximum absolute atomic E-state index is 12.8. The van der Waals surface area contributed by atoms with E-state index in [1.54, 1.807) is 12.1 Å². The summed E-state index contributed by atoms with van der Waals surface area (Å²) in [6.07, 6.45) is 0. The van der Waals surface area contributed by atoms with Crippen LogP contribution in [0.15, 0.2) is 35.0 Å². The molecule has 1 aliphatic heterocycles. The highest BCUT2D eigenvalue weighted by molar-refractivity contribution is 7.09. The van der Waals surface area contributed by atoms with E-state index in [1.165, 1.54) is 23.5 Å². The lowest BCUT2D eigenvalue weighted by molar-refractivity contribution is -0.117. The van der Waals surface area contributed by atoms with Crippen molar-refractivity contribution in [2.45, 2.75) is 6.04 Å². The molecular formula is C12H9FN2OS. The first-order valence-electron chi connectivity index (χ1n) is 5.13. The molecule has 1 atom stereocenters. The van der Waals surface area contributed by atoms with Crippen LogP contribution in [0.4, 0.5) is 15.8 Å². The molecule has 86 valence electrons. The van der Waals surface area contributed by atoms with Gasteiger partial charge in [0.25, 0.3) is 5.91 Å². The number of hydrogen-bond acceptors (Lipinski definition) is 3. The van der Waals surface area contributed by atoms with Crippen molar-refractivity contribution in [3.63, 3.8) is 0 Å². The summed E-state index contributed by atoms with van der Waals surface area (Å²) < 4.78 is 12.8. The fraction of sp³-hybridized carbons (Fsp3) is 0.0833. The molecule has 1 aromatic heterocycles. The summed E-state index contributed by atoms with van der Waals surface area (Å²) >= 11 is 1.52. The zero-order valence-electron chi connectivity index (χ0n) is 8.74. The summed E-state index contributed by atoms with van der Waals surface area (Å²) in [6, 6.07) is 5.48. The van der Waals surface area contributed by atoms with Crippen molar-refractivity contribution in [3.05, 3.63) is 46.4 Å². The molecule has 1 aliphatic rings. The number of thiophene rings is 1. The normalized spacial score (nSPS) is 18.2. The van der Waals surface area contributed by atoms with Crippen LogP contribution < -0.4 is 10.6 Å². The summed E-state index contributed by atoms with van der Waals surface area (Å²) in [7, 11) is 0. The number of carbonyl (C=O) groups excluding carboxylic acids is 1. The summed E-state index contributed by atoms with van der Waals surface area (Å²) in [6.45, 7) is 0. The largest absolute Gasteiger partial charge is 0.368 e. The second kappa shape index (κ2) is 3.85. The number of fused-ring (bicyclic) bond motifs is 1. The second-order valence-corrected chi connectivity index (χ2v) is 4.56. The standard InChI is InChI=1S/C12H9FN2OS/c13-8-3-1-7(2-4-8)11-12(16)15-10-6-17-5-9(10)14-11/h1-6,11,14H,(H,15,16). The topological polar surface area (TPSA) is 41.1 Å². The van der Waals surface area contributed by atoms with Gasteiger partial charge in [-0.25, -0.2) is 4.39 Å². The fourth-order valence-corrected chi connectivity index (χ4v) is 2.54. The van der Waals surface area contributed by atoms with E-state index in [4.69, 9.17) is 0 Å². The Hall–Kier alpha value is -1.88. The average Bonchev–Trinajstić information content (AvgIpc) is 2.76. The van der Waals surface area contributed by atoms with Crippen LogP contribution in [0.5, 0.6) is 0 Å². The Labute approximate surface area is 101 Å². The van der Waals surface area contributed by atoms with Gasteiger partial charge in [-0.2, -0.15) is 0 Å². The number of benzene rings is 1. The molecule has 0 bridgehead atoms. The van der Waals surface area contributed by atoms with Crippen LogP contribution in [-0.2, 0) is 4.79 Å². The Morgan fingerprint density at radius 3 is 2.59 bits per heavy atom. The zero-order chi connectivity index (χ0) is 11.8. The van der Waals surface area contributed by atoms with Crippen molar-refractivity contribution >= 4 is 28.6 Å². The molecular weight excluding hydrogens is 239 g/mol. The minimum atomic E-state index is -0.460. The summed E-state index contributed by atoms with van der Waals surface area (Å²) in [4.78, 5) is 11.9. The van der Waals surface area contributed by atoms with E-state index in [1.807, 2.05) is 10.8 Å². The highest BCUT2D eigenvalue weighted by Crippen LogP contribution is 2.34. The van der Waals surface area contributed by atoms with Crippen molar-refractivity contribution in [2.75, 3.05) is 10.6 Å². The van der Waals surface area contributed by atoms with E-state index in [9.17, 15) is 9.18 Å². The van der Waals surface area contributed by atoms with Gasteiger partial charge >= 0.3 is 0 Å².